The van der Waals surface area contributed by atoms with E-state index < -0.39 is 16.1 Å². The Labute approximate surface area is 91.9 Å². The number of nitrogens with one attached hydrogen (secondary N) is 1. The van der Waals surface area contributed by atoms with Crippen molar-refractivity contribution < 1.29 is 13.2 Å². The van der Waals surface area contributed by atoms with E-state index in [1.54, 1.807) is 4.90 Å². The number of likely N-dealkylation sites (N-methyl/N-ethyl adjacent to an activating group) is 1. The largest absolute Gasteiger partial charge is 0.342 e. The van der Waals surface area contributed by atoms with Crippen LogP contribution in [0.25, 0.3) is 0 Å². The van der Waals surface area contributed by atoms with E-state index in [1.165, 1.54) is 0 Å². The quantitative estimate of drug-likeness (QED) is 0.760. The van der Waals surface area contributed by atoms with Crippen molar-refractivity contribution in [2.45, 2.75) is 33.2 Å². The van der Waals surface area contributed by atoms with E-state index in [1.807, 2.05) is 20.8 Å². The highest BCUT2D eigenvalue weighted by Gasteiger charge is 2.32. The van der Waals surface area contributed by atoms with Crippen LogP contribution in [0.3, 0.4) is 0 Å². The molecule has 0 aromatic heterocycles. The SMILES string of the molecule is CC.CCN1CCC(NS(C)(=O)=O)C1=O. The van der Waals surface area contributed by atoms with Crippen LogP contribution in [-0.2, 0) is 14.8 Å². The molecule has 1 N–H and O–H groups in total. The van der Waals surface area contributed by atoms with Gasteiger partial charge in [0, 0.05) is 13.1 Å². The van der Waals surface area contributed by atoms with Gasteiger partial charge in [-0.2, -0.15) is 0 Å². The molecule has 1 aliphatic rings. The first-order valence-corrected chi connectivity index (χ1v) is 7.09. The Hall–Kier alpha value is -0.620. The van der Waals surface area contributed by atoms with Gasteiger partial charge in [0.15, 0.2) is 0 Å². The van der Waals surface area contributed by atoms with Crippen molar-refractivity contribution >= 4 is 15.9 Å². The molecule has 0 saturated carbocycles. The van der Waals surface area contributed by atoms with E-state index in [0.717, 1.165) is 6.26 Å². The highest BCUT2D eigenvalue weighted by molar-refractivity contribution is 7.88. The molecule has 90 valence electrons. The second-order valence-corrected chi connectivity index (χ2v) is 4.93. The number of amides is 1. The molecule has 1 saturated heterocycles. The monoisotopic (exact) mass is 236 g/mol. The molecule has 1 aliphatic heterocycles. The van der Waals surface area contributed by atoms with E-state index >= 15 is 0 Å². The summed E-state index contributed by atoms with van der Waals surface area (Å²) in [6.45, 7) is 7.16. The molecular weight excluding hydrogens is 216 g/mol. The van der Waals surface area contributed by atoms with Gasteiger partial charge in [-0.3, -0.25) is 4.79 Å². The molecule has 0 aromatic rings. The van der Waals surface area contributed by atoms with E-state index in [-0.39, 0.29) is 5.91 Å². The van der Waals surface area contributed by atoms with E-state index in [9.17, 15) is 13.2 Å². The summed E-state index contributed by atoms with van der Waals surface area (Å²) < 4.78 is 24.0. The van der Waals surface area contributed by atoms with Gasteiger partial charge in [-0.1, -0.05) is 13.8 Å². The molecule has 0 bridgehead atoms. The highest BCUT2D eigenvalue weighted by Crippen LogP contribution is 2.10. The third kappa shape index (κ3) is 4.61. The van der Waals surface area contributed by atoms with Crippen LogP contribution in [0.2, 0.25) is 0 Å². The first-order chi connectivity index (χ1) is 6.94. The Bertz CT molecular complexity index is 300. The van der Waals surface area contributed by atoms with E-state index in [4.69, 9.17) is 0 Å². The molecule has 1 rings (SSSR count). The summed E-state index contributed by atoms with van der Waals surface area (Å²) in [6, 6.07) is -0.546. The molecule has 0 aromatic carbocycles. The number of rotatable bonds is 3. The van der Waals surface area contributed by atoms with Crippen LogP contribution >= 0.6 is 0 Å². The topological polar surface area (TPSA) is 66.5 Å². The van der Waals surface area contributed by atoms with Crippen LogP contribution in [-0.4, -0.2) is 44.6 Å². The Morgan fingerprint density at radius 1 is 1.47 bits per heavy atom. The molecule has 6 heteroatoms. The normalized spacial score (nSPS) is 21.2. The minimum atomic E-state index is -3.27. The number of likely N-dealkylation sites (tertiary alicyclic amines) is 1. The van der Waals surface area contributed by atoms with Crippen LogP contribution < -0.4 is 4.72 Å². The summed E-state index contributed by atoms with van der Waals surface area (Å²) in [5.74, 6) is -0.118. The first-order valence-electron chi connectivity index (χ1n) is 5.20. The number of carbonyl (C=O) groups excluding carboxylic acids is 1. The molecule has 1 amide bonds. The van der Waals surface area contributed by atoms with Crippen molar-refractivity contribution in [1.29, 1.82) is 0 Å². The molecule has 1 atom stereocenters. The maximum Gasteiger partial charge on any atom is 0.240 e. The molecule has 1 fully saturated rings. The van der Waals surface area contributed by atoms with Crippen molar-refractivity contribution in [1.82, 2.24) is 9.62 Å². The number of hydrogen-bond acceptors (Lipinski definition) is 3. The highest BCUT2D eigenvalue weighted by atomic mass is 32.2. The average Bonchev–Trinajstić information content (AvgIpc) is 2.49. The third-order valence-electron chi connectivity index (χ3n) is 2.04. The van der Waals surface area contributed by atoms with Crippen LogP contribution in [0.5, 0.6) is 0 Å². The summed E-state index contributed by atoms with van der Waals surface area (Å²) >= 11 is 0. The maximum absolute atomic E-state index is 11.4. The summed E-state index contributed by atoms with van der Waals surface area (Å²) in [4.78, 5) is 13.1. The zero-order chi connectivity index (χ0) is 12.1. The zero-order valence-corrected chi connectivity index (χ0v) is 10.6. The molecule has 15 heavy (non-hydrogen) atoms. The lowest BCUT2D eigenvalue weighted by Gasteiger charge is -2.13. The number of nitrogens with zero attached hydrogens (tertiary/aromatic N) is 1. The average molecular weight is 236 g/mol. The van der Waals surface area contributed by atoms with Crippen molar-refractivity contribution in [3.63, 3.8) is 0 Å². The Morgan fingerprint density at radius 2 is 2.00 bits per heavy atom. The Kier molecular flexibility index (Phi) is 5.82. The molecule has 0 spiro atoms. The maximum atomic E-state index is 11.4. The minimum absolute atomic E-state index is 0.118. The Morgan fingerprint density at radius 3 is 2.33 bits per heavy atom. The summed E-state index contributed by atoms with van der Waals surface area (Å²) in [5.41, 5.74) is 0. The van der Waals surface area contributed by atoms with E-state index in [0.29, 0.717) is 19.5 Å². The lowest BCUT2D eigenvalue weighted by atomic mass is 10.3. The van der Waals surface area contributed by atoms with Gasteiger partial charge < -0.3 is 4.90 Å². The second kappa shape index (κ2) is 6.07. The molecule has 1 heterocycles. The predicted molar refractivity (Wildman–Crippen MR) is 60.0 cm³/mol. The van der Waals surface area contributed by atoms with Crippen molar-refractivity contribution in [2.75, 3.05) is 19.3 Å². The van der Waals surface area contributed by atoms with Crippen LogP contribution in [0, 0.1) is 0 Å². The lowest BCUT2D eigenvalue weighted by Crippen LogP contribution is -2.40. The van der Waals surface area contributed by atoms with Gasteiger partial charge in [-0.05, 0) is 13.3 Å². The molecule has 5 nitrogen and oxygen atoms in total. The van der Waals surface area contributed by atoms with E-state index in [2.05, 4.69) is 4.72 Å². The molecular formula is C9H20N2O3S. The van der Waals surface area contributed by atoms with Gasteiger partial charge in [0.1, 0.15) is 6.04 Å². The number of carbonyl (C=O) groups is 1. The number of sulfonamides is 1. The predicted octanol–water partition coefficient (Wildman–Crippen LogP) is 0.183. The third-order valence-corrected chi connectivity index (χ3v) is 2.75. The van der Waals surface area contributed by atoms with Gasteiger partial charge in [-0.25, -0.2) is 13.1 Å². The first kappa shape index (κ1) is 14.4. The van der Waals surface area contributed by atoms with Crippen LogP contribution in [0.15, 0.2) is 0 Å². The van der Waals surface area contributed by atoms with Crippen molar-refractivity contribution in [3.8, 4) is 0 Å². The molecule has 0 radical (unpaired) electrons. The van der Waals surface area contributed by atoms with Gasteiger partial charge >= 0.3 is 0 Å². The van der Waals surface area contributed by atoms with Crippen molar-refractivity contribution in [2.24, 2.45) is 0 Å². The van der Waals surface area contributed by atoms with Crippen LogP contribution in [0.1, 0.15) is 27.2 Å². The lowest BCUT2D eigenvalue weighted by molar-refractivity contribution is -0.128. The summed E-state index contributed by atoms with van der Waals surface area (Å²) in [7, 11) is -3.27. The smallest absolute Gasteiger partial charge is 0.240 e. The fraction of sp³-hybridized carbons (Fsp3) is 0.889. The van der Waals surface area contributed by atoms with Crippen LogP contribution in [0.4, 0.5) is 0 Å². The number of hydrogen-bond donors (Lipinski definition) is 1. The summed E-state index contributed by atoms with van der Waals surface area (Å²) in [5, 5.41) is 0. The zero-order valence-electron chi connectivity index (χ0n) is 9.78. The second-order valence-electron chi connectivity index (χ2n) is 3.15. The fourth-order valence-corrected chi connectivity index (χ4v) is 2.16. The van der Waals surface area contributed by atoms with Gasteiger partial charge in [0.25, 0.3) is 0 Å². The van der Waals surface area contributed by atoms with Gasteiger partial charge in [-0.15, -0.1) is 0 Å². The summed E-state index contributed by atoms with van der Waals surface area (Å²) in [6.07, 6.45) is 1.63. The molecule has 1 unspecified atom stereocenters. The fourth-order valence-electron chi connectivity index (χ4n) is 1.42. The van der Waals surface area contributed by atoms with Gasteiger partial charge in [0.2, 0.25) is 15.9 Å². The standard InChI is InChI=1S/C7H14N2O3S.C2H6/c1-3-9-5-4-6(7(9)10)8-13(2,11)12;1-2/h6,8H,3-5H2,1-2H3;1-2H3. The molecule has 0 aliphatic carbocycles. The van der Waals surface area contributed by atoms with Gasteiger partial charge in [0.05, 0.1) is 6.26 Å². The minimum Gasteiger partial charge on any atom is -0.342 e. The Balaban J connectivity index is 0.000000921. The van der Waals surface area contributed by atoms with Crippen molar-refractivity contribution in [3.05, 3.63) is 0 Å².